The maximum Gasteiger partial charge on any atom is 0.0732 e. The van der Waals surface area contributed by atoms with Crippen molar-refractivity contribution in [3.05, 3.63) is 149 Å². The first-order chi connectivity index (χ1) is 24.7. The first-order valence-corrected chi connectivity index (χ1v) is 18.1. The van der Waals surface area contributed by atoms with Crippen LogP contribution in [0.3, 0.4) is 0 Å². The summed E-state index contributed by atoms with van der Waals surface area (Å²) in [4.78, 5) is 10.1. The van der Waals surface area contributed by atoms with Gasteiger partial charge in [0, 0.05) is 54.9 Å². The summed E-state index contributed by atoms with van der Waals surface area (Å²) in [6.07, 6.45) is 4.20. The van der Waals surface area contributed by atoms with Crippen molar-refractivity contribution < 1.29 is 0 Å². The third kappa shape index (κ3) is 3.44. The molecular formula is C48H37N3. The molecule has 3 nitrogen and oxygen atoms in total. The Morgan fingerprint density at radius 3 is 1.67 bits per heavy atom. The second-order valence-corrected chi connectivity index (χ2v) is 15.8. The molecule has 0 spiro atoms. The molecule has 0 saturated heterocycles. The maximum absolute atomic E-state index is 5.09. The van der Waals surface area contributed by atoms with E-state index < -0.39 is 0 Å². The third-order valence-electron chi connectivity index (χ3n) is 12.5. The molecule has 0 saturated carbocycles. The highest BCUT2D eigenvalue weighted by Crippen LogP contribution is 2.60. The van der Waals surface area contributed by atoms with Crippen LogP contribution in [0.15, 0.2) is 116 Å². The fourth-order valence-electron chi connectivity index (χ4n) is 10.2. The molecule has 0 radical (unpaired) electrons. The molecule has 0 amide bonds. The van der Waals surface area contributed by atoms with Crippen molar-refractivity contribution in [3.8, 4) is 44.5 Å². The number of aryl methyl sites for hydroxylation is 2. The van der Waals surface area contributed by atoms with Gasteiger partial charge in [-0.3, -0.25) is 9.97 Å². The molecule has 0 unspecified atom stereocenters. The monoisotopic (exact) mass is 655 g/mol. The first-order valence-electron chi connectivity index (χ1n) is 18.1. The molecule has 2 aliphatic rings. The van der Waals surface area contributed by atoms with E-state index in [0.717, 1.165) is 22.4 Å². The number of hydrogen-bond acceptors (Lipinski definition) is 2. The van der Waals surface area contributed by atoms with E-state index in [1.807, 2.05) is 0 Å². The predicted octanol–water partition coefficient (Wildman–Crippen LogP) is 12.2. The Balaban J connectivity index is 1.37. The number of aromatic nitrogens is 3. The molecule has 51 heavy (non-hydrogen) atoms. The number of pyridine rings is 2. The zero-order chi connectivity index (χ0) is 34.6. The quantitative estimate of drug-likeness (QED) is 0.185. The molecule has 4 heterocycles. The van der Waals surface area contributed by atoms with Crippen LogP contribution >= 0.6 is 0 Å². The van der Waals surface area contributed by atoms with Gasteiger partial charge in [-0.2, -0.15) is 0 Å². The number of fused-ring (bicyclic) bond motifs is 13. The summed E-state index contributed by atoms with van der Waals surface area (Å²) >= 11 is 0. The summed E-state index contributed by atoms with van der Waals surface area (Å²) in [6.45, 7) is 14.0. The van der Waals surface area contributed by atoms with Gasteiger partial charge in [0.25, 0.3) is 0 Å². The Bertz CT molecular complexity index is 2960. The molecule has 0 N–H and O–H groups in total. The molecule has 244 valence electrons. The summed E-state index contributed by atoms with van der Waals surface area (Å²) in [5.41, 5.74) is 21.2. The Morgan fingerprint density at radius 1 is 0.490 bits per heavy atom. The number of hydrogen-bond donors (Lipinski definition) is 0. The minimum atomic E-state index is -0.241. The van der Waals surface area contributed by atoms with E-state index in [9.17, 15) is 0 Å². The van der Waals surface area contributed by atoms with Crippen LogP contribution in [0.1, 0.15) is 61.3 Å². The fraction of sp³-hybridized carbons (Fsp3) is 0.167. The minimum Gasteiger partial charge on any atom is -0.305 e. The lowest BCUT2D eigenvalue weighted by molar-refractivity contribution is 0.654. The smallest absolute Gasteiger partial charge is 0.0732 e. The van der Waals surface area contributed by atoms with Crippen molar-refractivity contribution in [2.45, 2.75) is 52.4 Å². The minimum absolute atomic E-state index is 0.0795. The van der Waals surface area contributed by atoms with E-state index in [2.05, 4.69) is 161 Å². The SMILES string of the molecule is Cc1ncc2c(c1-c1ccccc1)c1cc3c(c4c5c(-c6ccccc6)c(C)ncc5n2c14)C(C)(C)c1cc2c(cc1-3)C(C)(C)c1ccccc1-2. The number of nitrogens with zero attached hydrogens (tertiary/aromatic N) is 3. The van der Waals surface area contributed by atoms with Crippen LogP contribution in [0.4, 0.5) is 0 Å². The normalized spacial score (nSPS) is 15.2. The van der Waals surface area contributed by atoms with Crippen LogP contribution < -0.4 is 0 Å². The highest BCUT2D eigenvalue weighted by atomic mass is 14.9. The summed E-state index contributed by atoms with van der Waals surface area (Å²) in [7, 11) is 0. The molecule has 0 aliphatic heterocycles. The van der Waals surface area contributed by atoms with Gasteiger partial charge in [-0.1, -0.05) is 113 Å². The molecule has 0 atom stereocenters. The average Bonchev–Trinajstić information content (AvgIpc) is 3.79. The summed E-state index contributed by atoms with van der Waals surface area (Å²) in [5.74, 6) is 0. The van der Waals surface area contributed by atoms with Gasteiger partial charge < -0.3 is 4.40 Å². The Morgan fingerprint density at radius 2 is 1.02 bits per heavy atom. The third-order valence-corrected chi connectivity index (χ3v) is 12.5. The van der Waals surface area contributed by atoms with E-state index in [0.29, 0.717) is 0 Å². The zero-order valence-corrected chi connectivity index (χ0v) is 29.8. The van der Waals surface area contributed by atoms with Gasteiger partial charge in [0.2, 0.25) is 0 Å². The van der Waals surface area contributed by atoms with Gasteiger partial charge in [-0.15, -0.1) is 0 Å². The molecule has 0 fully saturated rings. The number of benzene rings is 5. The molecule has 0 bridgehead atoms. The van der Waals surface area contributed by atoms with Crippen molar-refractivity contribution in [3.63, 3.8) is 0 Å². The van der Waals surface area contributed by atoms with E-state index >= 15 is 0 Å². The van der Waals surface area contributed by atoms with Gasteiger partial charge >= 0.3 is 0 Å². The highest BCUT2D eigenvalue weighted by Gasteiger charge is 2.44. The second kappa shape index (κ2) is 9.50. The van der Waals surface area contributed by atoms with E-state index in [-0.39, 0.29) is 10.8 Å². The first kappa shape index (κ1) is 29.0. The standard InChI is InChI=1S/C48H37N3/c1-26-40(28-15-9-7-10-16-28)42-34-21-33-32-23-36-31(30-19-13-14-20-35(30)47(36,3)4)22-37(32)48(5,6)45(33)44-43-39(51(46(34)44)38(42)24-49-26)25-50-27(2)41(43)29-17-11-8-12-18-29/h7-25H,1-6H3. The van der Waals surface area contributed by atoms with E-state index in [1.54, 1.807) is 0 Å². The fourth-order valence-corrected chi connectivity index (χ4v) is 10.2. The van der Waals surface area contributed by atoms with Crippen molar-refractivity contribution in [1.82, 2.24) is 14.4 Å². The van der Waals surface area contributed by atoms with Gasteiger partial charge in [-0.25, -0.2) is 0 Å². The summed E-state index contributed by atoms with van der Waals surface area (Å²) in [5, 5.41) is 5.17. The molecule has 3 heteroatoms. The lowest BCUT2D eigenvalue weighted by Crippen LogP contribution is -2.17. The van der Waals surface area contributed by atoms with Gasteiger partial charge in [0.15, 0.2) is 0 Å². The van der Waals surface area contributed by atoms with Crippen LogP contribution in [-0.2, 0) is 10.8 Å². The Kier molecular flexibility index (Phi) is 5.40. The van der Waals surface area contributed by atoms with Crippen LogP contribution in [0.5, 0.6) is 0 Å². The second-order valence-electron chi connectivity index (χ2n) is 15.8. The van der Waals surface area contributed by atoms with Crippen LogP contribution in [0.25, 0.3) is 82.6 Å². The van der Waals surface area contributed by atoms with Crippen molar-refractivity contribution >= 4 is 38.1 Å². The predicted molar refractivity (Wildman–Crippen MR) is 212 cm³/mol. The molecule has 2 aliphatic carbocycles. The molecule has 4 aromatic heterocycles. The Labute approximate surface area is 297 Å². The van der Waals surface area contributed by atoms with Crippen molar-refractivity contribution in [2.75, 3.05) is 0 Å². The molecule has 5 aromatic carbocycles. The van der Waals surface area contributed by atoms with Crippen LogP contribution in [-0.4, -0.2) is 14.4 Å². The maximum atomic E-state index is 5.09. The summed E-state index contributed by atoms with van der Waals surface area (Å²) < 4.78 is 2.48. The largest absolute Gasteiger partial charge is 0.305 e. The highest BCUT2D eigenvalue weighted by molar-refractivity contribution is 6.31. The topological polar surface area (TPSA) is 30.2 Å². The average molecular weight is 656 g/mol. The van der Waals surface area contributed by atoms with Crippen molar-refractivity contribution in [2.24, 2.45) is 0 Å². The van der Waals surface area contributed by atoms with Crippen LogP contribution in [0.2, 0.25) is 0 Å². The Hall–Kier alpha value is -5.80. The number of rotatable bonds is 2. The van der Waals surface area contributed by atoms with E-state index in [4.69, 9.17) is 9.97 Å². The molecular weight excluding hydrogens is 619 g/mol. The van der Waals surface area contributed by atoms with Gasteiger partial charge in [0.05, 0.1) is 28.9 Å². The zero-order valence-electron chi connectivity index (χ0n) is 29.8. The lowest BCUT2D eigenvalue weighted by Gasteiger charge is -2.25. The summed E-state index contributed by atoms with van der Waals surface area (Å²) in [6, 6.07) is 38.3. The van der Waals surface area contributed by atoms with Crippen molar-refractivity contribution in [1.29, 1.82) is 0 Å². The molecule has 9 aromatic rings. The van der Waals surface area contributed by atoms with Gasteiger partial charge in [-0.05, 0) is 87.7 Å². The van der Waals surface area contributed by atoms with E-state index in [1.165, 1.54) is 93.8 Å². The molecule has 11 rings (SSSR count). The lowest BCUT2D eigenvalue weighted by atomic mass is 9.78. The van der Waals surface area contributed by atoms with Gasteiger partial charge in [0.1, 0.15) is 0 Å². The van der Waals surface area contributed by atoms with Crippen LogP contribution in [0, 0.1) is 13.8 Å².